The lowest BCUT2D eigenvalue weighted by Crippen LogP contribution is -2.21. The Bertz CT molecular complexity index is 1860. The Balaban J connectivity index is 1.48. The van der Waals surface area contributed by atoms with Crippen molar-refractivity contribution in [3.63, 3.8) is 0 Å². The standard InChI is InChI=1S/C29H23N3S/c1-29(2,3)32-25-10-6-5-9-24(25)31-23-14-12-19(17-22(23)30-28(31)32)18-13-15-27-21(16-18)20-8-4-7-11-26(20)33-27/h4-17H,1-3H3. The first-order chi connectivity index (χ1) is 16.0. The highest BCUT2D eigenvalue weighted by molar-refractivity contribution is 7.25. The van der Waals surface area contributed by atoms with Crippen LogP contribution in [0.4, 0.5) is 0 Å². The van der Waals surface area contributed by atoms with E-state index in [1.165, 1.54) is 42.3 Å². The number of hydrogen-bond acceptors (Lipinski definition) is 2. The molecule has 0 unspecified atom stereocenters. The SMILES string of the molecule is CC(C)(C)n1c2ccccc2n2c3ccc(-c4ccc5sc6ccccc6c5c4)cc3nc12. The third-order valence-corrected chi connectivity index (χ3v) is 7.73. The van der Waals surface area contributed by atoms with E-state index in [0.29, 0.717) is 0 Å². The molecule has 0 fully saturated rings. The van der Waals surface area contributed by atoms with Crippen molar-refractivity contribution in [1.82, 2.24) is 14.0 Å². The van der Waals surface area contributed by atoms with E-state index < -0.39 is 0 Å². The van der Waals surface area contributed by atoms with Crippen LogP contribution in [-0.2, 0) is 5.54 Å². The van der Waals surface area contributed by atoms with Gasteiger partial charge in [-0.2, -0.15) is 0 Å². The number of benzene rings is 4. The summed E-state index contributed by atoms with van der Waals surface area (Å²) in [6, 6.07) is 30.8. The molecule has 0 aliphatic carbocycles. The second kappa shape index (κ2) is 6.46. The fourth-order valence-corrected chi connectivity index (χ4v) is 6.24. The molecular formula is C29H23N3S. The molecule has 3 nitrogen and oxygen atoms in total. The van der Waals surface area contributed by atoms with Crippen molar-refractivity contribution < 1.29 is 0 Å². The Hall–Kier alpha value is -3.63. The highest BCUT2D eigenvalue weighted by Gasteiger charge is 2.23. The average Bonchev–Trinajstić information content (AvgIpc) is 3.45. The Kier molecular flexibility index (Phi) is 3.70. The van der Waals surface area contributed by atoms with Gasteiger partial charge in [0.05, 0.1) is 22.1 Å². The molecule has 7 rings (SSSR count). The zero-order chi connectivity index (χ0) is 22.3. The summed E-state index contributed by atoms with van der Waals surface area (Å²) >= 11 is 1.86. The minimum atomic E-state index is -0.0698. The van der Waals surface area contributed by atoms with Crippen molar-refractivity contribution in [3.8, 4) is 11.1 Å². The van der Waals surface area contributed by atoms with Crippen LogP contribution in [0.2, 0.25) is 0 Å². The van der Waals surface area contributed by atoms with Gasteiger partial charge >= 0.3 is 0 Å². The Morgan fingerprint density at radius 2 is 1.36 bits per heavy atom. The molecule has 3 heterocycles. The third kappa shape index (κ3) is 2.64. The van der Waals surface area contributed by atoms with Crippen LogP contribution in [0.15, 0.2) is 84.9 Å². The van der Waals surface area contributed by atoms with E-state index in [4.69, 9.17) is 4.98 Å². The van der Waals surface area contributed by atoms with Gasteiger partial charge in [-0.3, -0.25) is 4.40 Å². The van der Waals surface area contributed by atoms with Gasteiger partial charge in [-0.1, -0.05) is 42.5 Å². The average molecular weight is 446 g/mol. The summed E-state index contributed by atoms with van der Waals surface area (Å²) in [5, 5.41) is 2.66. The summed E-state index contributed by atoms with van der Waals surface area (Å²) in [5.41, 5.74) is 6.95. The smallest absolute Gasteiger partial charge is 0.216 e. The second-order valence-corrected chi connectivity index (χ2v) is 10.8. The van der Waals surface area contributed by atoms with Crippen molar-refractivity contribution in [2.75, 3.05) is 0 Å². The molecule has 4 heteroatoms. The van der Waals surface area contributed by atoms with E-state index in [-0.39, 0.29) is 5.54 Å². The number of thiophene rings is 1. The van der Waals surface area contributed by atoms with Gasteiger partial charge in [-0.15, -0.1) is 11.3 Å². The number of nitrogens with zero attached hydrogens (tertiary/aromatic N) is 3. The quantitative estimate of drug-likeness (QED) is 0.249. The van der Waals surface area contributed by atoms with Crippen LogP contribution in [0, 0.1) is 0 Å². The Labute approximate surface area is 195 Å². The van der Waals surface area contributed by atoms with Gasteiger partial charge in [0.25, 0.3) is 0 Å². The minimum Gasteiger partial charge on any atom is -0.304 e. The Morgan fingerprint density at radius 3 is 2.21 bits per heavy atom. The van der Waals surface area contributed by atoms with Crippen LogP contribution >= 0.6 is 11.3 Å². The van der Waals surface area contributed by atoms with Gasteiger partial charge in [0.15, 0.2) is 0 Å². The lowest BCUT2D eigenvalue weighted by Gasteiger charge is -2.22. The fourth-order valence-electron chi connectivity index (χ4n) is 5.15. The van der Waals surface area contributed by atoms with E-state index >= 15 is 0 Å². The number of fused-ring (bicyclic) bond motifs is 8. The van der Waals surface area contributed by atoms with E-state index in [9.17, 15) is 0 Å². The normalized spacial score (nSPS) is 12.7. The molecule has 3 aromatic heterocycles. The summed E-state index contributed by atoms with van der Waals surface area (Å²) in [4.78, 5) is 5.14. The van der Waals surface area contributed by atoms with Crippen molar-refractivity contribution in [3.05, 3.63) is 84.9 Å². The van der Waals surface area contributed by atoms with E-state index in [1.807, 2.05) is 11.3 Å². The van der Waals surface area contributed by atoms with E-state index in [1.54, 1.807) is 0 Å². The minimum absolute atomic E-state index is 0.0698. The number of para-hydroxylation sites is 2. The summed E-state index contributed by atoms with van der Waals surface area (Å²) < 4.78 is 7.33. The molecule has 0 amide bonds. The van der Waals surface area contributed by atoms with E-state index in [0.717, 1.165) is 16.8 Å². The van der Waals surface area contributed by atoms with Crippen LogP contribution in [0.5, 0.6) is 0 Å². The molecule has 0 N–H and O–H groups in total. The largest absolute Gasteiger partial charge is 0.304 e. The van der Waals surface area contributed by atoms with Gasteiger partial charge in [0.2, 0.25) is 5.78 Å². The molecule has 0 saturated heterocycles. The molecule has 0 bridgehead atoms. The maximum Gasteiger partial charge on any atom is 0.216 e. The summed E-state index contributed by atoms with van der Waals surface area (Å²) in [6.45, 7) is 6.72. The predicted molar refractivity (Wildman–Crippen MR) is 142 cm³/mol. The molecule has 160 valence electrons. The van der Waals surface area contributed by atoms with Crippen LogP contribution in [0.25, 0.3) is 59.1 Å². The fraction of sp³-hybridized carbons (Fsp3) is 0.138. The van der Waals surface area contributed by atoms with Gasteiger partial charge in [0, 0.05) is 25.7 Å². The number of imidazole rings is 2. The van der Waals surface area contributed by atoms with Crippen LogP contribution in [-0.4, -0.2) is 14.0 Å². The van der Waals surface area contributed by atoms with Crippen LogP contribution in [0.1, 0.15) is 20.8 Å². The first-order valence-corrected chi connectivity index (χ1v) is 12.1. The van der Waals surface area contributed by atoms with Crippen molar-refractivity contribution in [1.29, 1.82) is 0 Å². The van der Waals surface area contributed by atoms with E-state index in [2.05, 4.69) is 115 Å². The zero-order valence-corrected chi connectivity index (χ0v) is 19.6. The first-order valence-electron chi connectivity index (χ1n) is 11.3. The van der Waals surface area contributed by atoms with Crippen LogP contribution < -0.4 is 0 Å². The third-order valence-electron chi connectivity index (χ3n) is 6.58. The number of hydrogen-bond donors (Lipinski definition) is 0. The van der Waals surface area contributed by atoms with Gasteiger partial charge in [-0.25, -0.2) is 4.98 Å². The number of aromatic nitrogens is 3. The van der Waals surface area contributed by atoms with Crippen LogP contribution in [0.3, 0.4) is 0 Å². The summed E-state index contributed by atoms with van der Waals surface area (Å²) in [5.74, 6) is 0.995. The molecule has 0 atom stereocenters. The molecule has 0 spiro atoms. The monoisotopic (exact) mass is 445 g/mol. The maximum absolute atomic E-state index is 5.14. The molecule has 4 aromatic carbocycles. The van der Waals surface area contributed by atoms with Gasteiger partial charge in [0.1, 0.15) is 0 Å². The molecule has 0 radical (unpaired) electrons. The highest BCUT2D eigenvalue weighted by atomic mass is 32.1. The molecular weight excluding hydrogens is 422 g/mol. The predicted octanol–water partition coefficient (Wildman–Crippen LogP) is 8.23. The zero-order valence-electron chi connectivity index (χ0n) is 18.8. The van der Waals surface area contributed by atoms with Crippen molar-refractivity contribution in [2.45, 2.75) is 26.3 Å². The topological polar surface area (TPSA) is 22.2 Å². The highest BCUT2D eigenvalue weighted by Crippen LogP contribution is 2.37. The maximum atomic E-state index is 5.14. The Morgan fingerprint density at radius 1 is 0.667 bits per heavy atom. The van der Waals surface area contributed by atoms with Crippen molar-refractivity contribution >= 4 is 59.4 Å². The lowest BCUT2D eigenvalue weighted by molar-refractivity contribution is 0.419. The molecule has 0 aliphatic rings. The second-order valence-electron chi connectivity index (χ2n) is 9.75. The lowest BCUT2D eigenvalue weighted by atomic mass is 10.0. The van der Waals surface area contributed by atoms with Crippen molar-refractivity contribution in [2.24, 2.45) is 0 Å². The molecule has 33 heavy (non-hydrogen) atoms. The van der Waals surface area contributed by atoms with Gasteiger partial charge < -0.3 is 4.57 Å². The molecule has 0 saturated carbocycles. The molecule has 0 aliphatic heterocycles. The molecule has 7 aromatic rings. The summed E-state index contributed by atoms with van der Waals surface area (Å²) in [7, 11) is 0. The van der Waals surface area contributed by atoms with Gasteiger partial charge in [-0.05, 0) is 74.4 Å². The summed E-state index contributed by atoms with van der Waals surface area (Å²) in [6.07, 6.45) is 0. The first kappa shape index (κ1) is 18.9. The number of rotatable bonds is 1.